The molecule has 0 bridgehead atoms. The first-order valence-corrected chi connectivity index (χ1v) is 3.53. The maximum Gasteiger partial charge on any atom is 0.142 e. The predicted molar refractivity (Wildman–Crippen MR) is 37.9 cm³/mol. The zero-order chi connectivity index (χ0) is 7.45. The van der Waals surface area contributed by atoms with Crippen molar-refractivity contribution in [2.45, 2.75) is 18.4 Å². The van der Waals surface area contributed by atoms with E-state index in [1.54, 1.807) is 7.11 Å². The molecule has 3 nitrogen and oxygen atoms in total. The molecule has 3 heteroatoms. The Kier molecular flexibility index (Phi) is 2.40. The number of carbonyl (C=O) groups is 1. The fourth-order valence-electron chi connectivity index (χ4n) is 1.34. The van der Waals surface area contributed by atoms with E-state index in [9.17, 15) is 4.79 Å². The van der Waals surface area contributed by atoms with Gasteiger partial charge in [-0.1, -0.05) is 0 Å². The van der Waals surface area contributed by atoms with E-state index in [4.69, 9.17) is 4.74 Å². The Morgan fingerprint density at radius 3 is 3.00 bits per heavy atom. The lowest BCUT2D eigenvalue weighted by molar-refractivity contribution is -0.114. The van der Waals surface area contributed by atoms with Gasteiger partial charge < -0.3 is 14.8 Å². The lowest BCUT2D eigenvalue weighted by atomic mass is 10.0. The molecular weight excluding hydrogens is 130 g/mol. The van der Waals surface area contributed by atoms with Crippen molar-refractivity contribution < 1.29 is 9.53 Å². The number of rotatable bonds is 3. The lowest BCUT2D eigenvalue weighted by Crippen LogP contribution is -2.45. The first kappa shape index (κ1) is 7.69. The van der Waals surface area contributed by atoms with E-state index in [2.05, 4.69) is 5.32 Å². The second kappa shape index (κ2) is 3.12. The van der Waals surface area contributed by atoms with Crippen molar-refractivity contribution in [3.63, 3.8) is 0 Å². The zero-order valence-corrected chi connectivity index (χ0v) is 6.22. The molecule has 0 aromatic heterocycles. The molecule has 1 saturated heterocycles. The van der Waals surface area contributed by atoms with Crippen LogP contribution in [0.5, 0.6) is 0 Å². The van der Waals surface area contributed by atoms with Gasteiger partial charge in [0.1, 0.15) is 6.29 Å². The van der Waals surface area contributed by atoms with E-state index in [0.29, 0.717) is 6.61 Å². The minimum absolute atomic E-state index is 0.366. The van der Waals surface area contributed by atoms with E-state index in [-0.39, 0.29) is 5.54 Å². The molecule has 1 rings (SSSR count). The van der Waals surface area contributed by atoms with Crippen LogP contribution in [0.1, 0.15) is 12.8 Å². The fraction of sp³-hybridized carbons (Fsp3) is 0.857. The third-order valence-corrected chi connectivity index (χ3v) is 1.90. The highest BCUT2D eigenvalue weighted by atomic mass is 16.5. The van der Waals surface area contributed by atoms with Crippen LogP contribution < -0.4 is 5.32 Å². The maximum atomic E-state index is 10.6. The molecule has 1 atom stereocenters. The molecule has 0 saturated carbocycles. The van der Waals surface area contributed by atoms with Crippen LogP contribution in [0.4, 0.5) is 0 Å². The zero-order valence-electron chi connectivity index (χ0n) is 6.22. The van der Waals surface area contributed by atoms with Gasteiger partial charge in [0.2, 0.25) is 0 Å². The summed E-state index contributed by atoms with van der Waals surface area (Å²) in [6.45, 7) is 1.43. The Hall–Kier alpha value is -0.410. The second-order valence-corrected chi connectivity index (χ2v) is 2.74. The van der Waals surface area contributed by atoms with Gasteiger partial charge in [0.25, 0.3) is 0 Å². The minimum Gasteiger partial charge on any atom is -0.382 e. The van der Waals surface area contributed by atoms with Crippen molar-refractivity contribution >= 4 is 6.29 Å². The summed E-state index contributed by atoms with van der Waals surface area (Å²) in [4.78, 5) is 10.6. The number of hydrogen-bond acceptors (Lipinski definition) is 3. The SMILES string of the molecule is COC[C@]1(C=O)CCCN1. The topological polar surface area (TPSA) is 38.3 Å². The third kappa shape index (κ3) is 1.36. The number of aldehydes is 1. The van der Waals surface area contributed by atoms with E-state index in [0.717, 1.165) is 25.7 Å². The summed E-state index contributed by atoms with van der Waals surface area (Å²) in [6.07, 6.45) is 2.94. The van der Waals surface area contributed by atoms with Crippen LogP contribution in [0.2, 0.25) is 0 Å². The van der Waals surface area contributed by atoms with Crippen LogP contribution in [0.15, 0.2) is 0 Å². The summed E-state index contributed by atoms with van der Waals surface area (Å²) >= 11 is 0. The van der Waals surface area contributed by atoms with Gasteiger partial charge in [0.05, 0.1) is 12.1 Å². The number of methoxy groups -OCH3 is 1. The van der Waals surface area contributed by atoms with Crippen LogP contribution in [0, 0.1) is 0 Å². The first-order chi connectivity index (χ1) is 4.83. The van der Waals surface area contributed by atoms with Gasteiger partial charge in [0.15, 0.2) is 0 Å². The van der Waals surface area contributed by atoms with Crippen molar-refractivity contribution in [3.05, 3.63) is 0 Å². The van der Waals surface area contributed by atoms with Gasteiger partial charge in [-0.05, 0) is 19.4 Å². The highest BCUT2D eigenvalue weighted by Crippen LogP contribution is 2.16. The van der Waals surface area contributed by atoms with E-state index in [1.165, 1.54) is 0 Å². The monoisotopic (exact) mass is 143 g/mol. The number of ether oxygens (including phenoxy) is 1. The first-order valence-electron chi connectivity index (χ1n) is 3.53. The average Bonchev–Trinajstić information content (AvgIpc) is 2.39. The Morgan fingerprint density at radius 1 is 1.80 bits per heavy atom. The molecule has 1 aliphatic heterocycles. The van der Waals surface area contributed by atoms with Gasteiger partial charge in [-0.25, -0.2) is 0 Å². The highest BCUT2D eigenvalue weighted by Gasteiger charge is 2.32. The predicted octanol–water partition coefficient (Wildman–Crippen LogP) is -0.0461. The molecule has 0 amide bonds. The van der Waals surface area contributed by atoms with Gasteiger partial charge in [-0.15, -0.1) is 0 Å². The van der Waals surface area contributed by atoms with Gasteiger partial charge >= 0.3 is 0 Å². The third-order valence-electron chi connectivity index (χ3n) is 1.90. The molecule has 0 radical (unpaired) electrons. The molecule has 0 aliphatic carbocycles. The van der Waals surface area contributed by atoms with E-state index in [1.807, 2.05) is 0 Å². The van der Waals surface area contributed by atoms with E-state index >= 15 is 0 Å². The Morgan fingerprint density at radius 2 is 2.60 bits per heavy atom. The van der Waals surface area contributed by atoms with Crippen molar-refractivity contribution in [1.29, 1.82) is 0 Å². The lowest BCUT2D eigenvalue weighted by Gasteiger charge is -2.20. The number of nitrogens with one attached hydrogen (secondary N) is 1. The standard InChI is InChI=1S/C7H13NO2/c1-10-6-7(5-9)3-2-4-8-7/h5,8H,2-4,6H2,1H3/t7-/m1/s1. The molecule has 0 aromatic carbocycles. The molecule has 1 heterocycles. The quantitative estimate of drug-likeness (QED) is 0.563. The van der Waals surface area contributed by atoms with Gasteiger partial charge in [0, 0.05) is 7.11 Å². The van der Waals surface area contributed by atoms with Crippen molar-refractivity contribution in [2.24, 2.45) is 0 Å². The molecule has 0 spiro atoms. The van der Waals surface area contributed by atoms with E-state index < -0.39 is 0 Å². The second-order valence-electron chi connectivity index (χ2n) is 2.74. The molecule has 0 aromatic rings. The molecule has 10 heavy (non-hydrogen) atoms. The van der Waals surface area contributed by atoms with Crippen molar-refractivity contribution in [2.75, 3.05) is 20.3 Å². The van der Waals surface area contributed by atoms with Crippen molar-refractivity contribution in [1.82, 2.24) is 5.32 Å². The smallest absolute Gasteiger partial charge is 0.142 e. The van der Waals surface area contributed by atoms with Gasteiger partial charge in [-0.2, -0.15) is 0 Å². The largest absolute Gasteiger partial charge is 0.382 e. The summed E-state index contributed by atoms with van der Waals surface area (Å²) in [7, 11) is 1.62. The summed E-state index contributed by atoms with van der Waals surface area (Å²) in [6, 6.07) is 0. The molecule has 1 aliphatic rings. The molecule has 58 valence electrons. The summed E-state index contributed by atoms with van der Waals surface area (Å²) in [5.74, 6) is 0. The number of carbonyl (C=O) groups excluding carboxylic acids is 1. The Bertz CT molecular complexity index is 119. The van der Waals surface area contributed by atoms with Gasteiger partial charge in [-0.3, -0.25) is 0 Å². The Labute approximate surface area is 60.7 Å². The molecule has 1 fully saturated rings. The summed E-state index contributed by atoms with van der Waals surface area (Å²) in [5, 5.41) is 3.13. The molecular formula is C7H13NO2. The Balaban J connectivity index is 2.49. The van der Waals surface area contributed by atoms with Crippen LogP contribution in [-0.4, -0.2) is 32.1 Å². The highest BCUT2D eigenvalue weighted by molar-refractivity contribution is 5.65. The maximum absolute atomic E-state index is 10.6. The normalized spacial score (nSPS) is 32.5. The fourth-order valence-corrected chi connectivity index (χ4v) is 1.34. The van der Waals surface area contributed by atoms with Crippen LogP contribution in [-0.2, 0) is 9.53 Å². The average molecular weight is 143 g/mol. The van der Waals surface area contributed by atoms with Crippen molar-refractivity contribution in [3.8, 4) is 0 Å². The summed E-state index contributed by atoms with van der Waals surface area (Å²) in [5.41, 5.74) is -0.366. The summed E-state index contributed by atoms with van der Waals surface area (Å²) < 4.78 is 4.93. The minimum atomic E-state index is -0.366. The van der Waals surface area contributed by atoms with Crippen LogP contribution in [0.3, 0.4) is 0 Å². The molecule has 1 N–H and O–H groups in total. The number of hydrogen-bond donors (Lipinski definition) is 1. The van der Waals surface area contributed by atoms with Crippen LogP contribution >= 0.6 is 0 Å². The molecule has 0 unspecified atom stereocenters. The van der Waals surface area contributed by atoms with Crippen LogP contribution in [0.25, 0.3) is 0 Å².